The zero-order valence-corrected chi connectivity index (χ0v) is 14.2. The van der Waals surface area contributed by atoms with Gasteiger partial charge in [0, 0.05) is 43.9 Å². The van der Waals surface area contributed by atoms with E-state index in [1.165, 1.54) is 0 Å². The van der Waals surface area contributed by atoms with E-state index < -0.39 is 0 Å². The summed E-state index contributed by atoms with van der Waals surface area (Å²) in [4.78, 5) is 23.1. The van der Waals surface area contributed by atoms with E-state index in [-0.39, 0.29) is 5.91 Å². The van der Waals surface area contributed by atoms with Crippen molar-refractivity contribution in [2.24, 2.45) is 0 Å². The van der Waals surface area contributed by atoms with E-state index in [0.717, 1.165) is 44.0 Å². The Morgan fingerprint density at radius 3 is 3.17 bits per heavy atom. The number of likely N-dealkylation sites (tertiary alicyclic amines) is 1. The number of carbonyl (C=O) groups excluding carboxylic acids is 1. The molecule has 1 atom stereocenters. The van der Waals surface area contributed by atoms with Crippen LogP contribution in [0.5, 0.6) is 0 Å². The van der Waals surface area contributed by atoms with Gasteiger partial charge in [0.05, 0.1) is 30.8 Å². The third-order valence-electron chi connectivity index (χ3n) is 4.22. The van der Waals surface area contributed by atoms with E-state index in [2.05, 4.69) is 19.9 Å². The van der Waals surface area contributed by atoms with Crippen molar-refractivity contribution in [1.29, 1.82) is 0 Å². The molecule has 1 saturated heterocycles. The Labute approximate surface area is 140 Å². The number of methoxy groups -OCH3 is 1. The minimum Gasteiger partial charge on any atom is -0.384 e. The van der Waals surface area contributed by atoms with Crippen LogP contribution in [0.3, 0.4) is 0 Å². The number of imidazole rings is 1. The number of hydrogen-bond acceptors (Lipinski definition) is 5. The number of carbonyl (C=O) groups is 1. The molecule has 3 heterocycles. The largest absolute Gasteiger partial charge is 0.384 e. The lowest BCUT2D eigenvalue weighted by Gasteiger charge is -2.32. The maximum Gasteiger partial charge on any atom is 0.224 e. The van der Waals surface area contributed by atoms with E-state index in [1.807, 2.05) is 22.8 Å². The summed E-state index contributed by atoms with van der Waals surface area (Å²) in [5.41, 5.74) is 2.90. The fourth-order valence-corrected chi connectivity index (χ4v) is 3.62. The van der Waals surface area contributed by atoms with Crippen molar-refractivity contribution in [3.05, 3.63) is 34.8 Å². The van der Waals surface area contributed by atoms with Crippen molar-refractivity contribution < 1.29 is 9.53 Å². The lowest BCUT2D eigenvalue weighted by molar-refractivity contribution is -0.133. The predicted molar refractivity (Wildman–Crippen MR) is 88.5 cm³/mol. The molecule has 0 unspecified atom stereocenters. The van der Waals surface area contributed by atoms with Gasteiger partial charge in [-0.25, -0.2) is 9.97 Å². The maximum atomic E-state index is 12.2. The Bertz CT molecular complexity index is 626. The van der Waals surface area contributed by atoms with Crippen molar-refractivity contribution in [1.82, 2.24) is 19.4 Å². The highest BCUT2D eigenvalue weighted by Gasteiger charge is 2.27. The van der Waals surface area contributed by atoms with Gasteiger partial charge in [-0.05, 0) is 12.8 Å². The third kappa shape index (κ3) is 3.97. The van der Waals surface area contributed by atoms with Gasteiger partial charge in [0.2, 0.25) is 5.91 Å². The highest BCUT2D eigenvalue weighted by molar-refractivity contribution is 7.07. The van der Waals surface area contributed by atoms with Gasteiger partial charge in [-0.1, -0.05) is 0 Å². The molecular formula is C16H22N4O2S. The Kier molecular flexibility index (Phi) is 5.40. The molecule has 0 saturated carbocycles. The molecule has 1 aliphatic heterocycles. The summed E-state index contributed by atoms with van der Waals surface area (Å²) in [6, 6.07) is 0. The molecule has 6 nitrogen and oxygen atoms in total. The monoisotopic (exact) mass is 334 g/mol. The number of thiazole rings is 1. The first kappa shape index (κ1) is 16.1. The van der Waals surface area contributed by atoms with Crippen LogP contribution in [0, 0.1) is 0 Å². The number of hydrogen-bond donors (Lipinski definition) is 0. The Morgan fingerprint density at radius 2 is 2.39 bits per heavy atom. The Balaban J connectivity index is 1.67. The first-order valence-corrected chi connectivity index (χ1v) is 8.87. The molecule has 7 heteroatoms. The zero-order chi connectivity index (χ0) is 16.1. The molecule has 1 amide bonds. The Morgan fingerprint density at radius 1 is 1.48 bits per heavy atom. The number of ether oxygens (including phenoxy) is 1. The number of amides is 1. The van der Waals surface area contributed by atoms with E-state index >= 15 is 0 Å². The lowest BCUT2D eigenvalue weighted by Crippen LogP contribution is -2.40. The molecule has 0 N–H and O–H groups in total. The van der Waals surface area contributed by atoms with Crippen LogP contribution < -0.4 is 0 Å². The standard InChI is InChI=1S/C16H22N4O2S/c1-22-8-4-15(21)19-6-2-3-13(9-19)16-17-5-7-20(16)10-14-11-23-12-18-14/h5,7,11-13H,2-4,6,8-10H2,1H3/t13-/m1/s1. The summed E-state index contributed by atoms with van der Waals surface area (Å²) in [6.45, 7) is 2.81. The van der Waals surface area contributed by atoms with Gasteiger partial charge in [-0.3, -0.25) is 4.79 Å². The topological polar surface area (TPSA) is 60.2 Å². The molecule has 1 aliphatic rings. The molecular weight excluding hydrogens is 312 g/mol. The van der Waals surface area contributed by atoms with Crippen LogP contribution in [0.2, 0.25) is 0 Å². The summed E-state index contributed by atoms with van der Waals surface area (Å²) in [5, 5.41) is 2.06. The maximum absolute atomic E-state index is 12.2. The predicted octanol–water partition coefficient (Wildman–Crippen LogP) is 2.13. The van der Waals surface area contributed by atoms with Crippen LogP contribution >= 0.6 is 11.3 Å². The fraction of sp³-hybridized carbons (Fsp3) is 0.562. The first-order chi connectivity index (χ1) is 11.3. The number of aromatic nitrogens is 3. The molecule has 23 heavy (non-hydrogen) atoms. The lowest BCUT2D eigenvalue weighted by atomic mass is 9.96. The van der Waals surface area contributed by atoms with Crippen molar-refractivity contribution in [2.45, 2.75) is 31.7 Å². The molecule has 0 aromatic carbocycles. The van der Waals surface area contributed by atoms with Crippen LogP contribution in [0.1, 0.15) is 36.7 Å². The second kappa shape index (κ2) is 7.70. The molecule has 0 aliphatic carbocycles. The van der Waals surface area contributed by atoms with Gasteiger partial charge in [0.1, 0.15) is 5.82 Å². The van der Waals surface area contributed by atoms with Gasteiger partial charge < -0.3 is 14.2 Å². The fourth-order valence-electron chi connectivity index (χ4n) is 3.07. The average molecular weight is 334 g/mol. The smallest absolute Gasteiger partial charge is 0.224 e. The summed E-state index contributed by atoms with van der Waals surface area (Å²) < 4.78 is 7.17. The normalized spacial score (nSPS) is 18.3. The highest BCUT2D eigenvalue weighted by atomic mass is 32.1. The van der Waals surface area contributed by atoms with Crippen LogP contribution in [-0.2, 0) is 16.1 Å². The van der Waals surface area contributed by atoms with Gasteiger partial charge >= 0.3 is 0 Å². The number of rotatable bonds is 6. The molecule has 124 valence electrons. The molecule has 2 aromatic heterocycles. The summed E-state index contributed by atoms with van der Waals surface area (Å²) in [7, 11) is 1.63. The van der Waals surface area contributed by atoms with Crippen LogP contribution in [-0.4, -0.2) is 52.1 Å². The SMILES string of the molecule is COCCC(=O)N1CCC[C@@H](c2nccn2Cc2cscn2)C1. The molecule has 0 radical (unpaired) electrons. The molecule has 1 fully saturated rings. The Hall–Kier alpha value is -1.73. The summed E-state index contributed by atoms with van der Waals surface area (Å²) in [5.74, 6) is 1.53. The summed E-state index contributed by atoms with van der Waals surface area (Å²) >= 11 is 1.61. The van der Waals surface area contributed by atoms with Gasteiger partial charge in [0.15, 0.2) is 0 Å². The molecule has 2 aromatic rings. The second-order valence-corrected chi connectivity index (χ2v) is 6.53. The quantitative estimate of drug-likeness (QED) is 0.812. The number of piperidine rings is 1. The highest BCUT2D eigenvalue weighted by Crippen LogP contribution is 2.26. The second-order valence-electron chi connectivity index (χ2n) is 5.81. The van der Waals surface area contributed by atoms with Crippen LogP contribution in [0.4, 0.5) is 0 Å². The number of nitrogens with zero attached hydrogens (tertiary/aromatic N) is 4. The first-order valence-electron chi connectivity index (χ1n) is 7.92. The van der Waals surface area contributed by atoms with Crippen LogP contribution in [0.25, 0.3) is 0 Å². The third-order valence-corrected chi connectivity index (χ3v) is 4.86. The van der Waals surface area contributed by atoms with Gasteiger partial charge in [-0.15, -0.1) is 11.3 Å². The molecule has 3 rings (SSSR count). The van der Waals surface area contributed by atoms with Crippen molar-refractivity contribution >= 4 is 17.2 Å². The van der Waals surface area contributed by atoms with Crippen LogP contribution in [0.15, 0.2) is 23.3 Å². The average Bonchev–Trinajstić information content (AvgIpc) is 3.25. The van der Waals surface area contributed by atoms with E-state index in [1.54, 1.807) is 18.4 Å². The van der Waals surface area contributed by atoms with Crippen molar-refractivity contribution in [3.63, 3.8) is 0 Å². The molecule has 0 spiro atoms. The minimum atomic E-state index is 0.175. The van der Waals surface area contributed by atoms with E-state index in [4.69, 9.17) is 4.74 Å². The molecule has 0 bridgehead atoms. The zero-order valence-electron chi connectivity index (χ0n) is 13.4. The van der Waals surface area contributed by atoms with Crippen molar-refractivity contribution in [2.75, 3.05) is 26.8 Å². The van der Waals surface area contributed by atoms with E-state index in [0.29, 0.717) is 18.9 Å². The minimum absolute atomic E-state index is 0.175. The van der Waals surface area contributed by atoms with Gasteiger partial charge in [-0.2, -0.15) is 0 Å². The van der Waals surface area contributed by atoms with Gasteiger partial charge in [0.25, 0.3) is 0 Å². The van der Waals surface area contributed by atoms with Crippen molar-refractivity contribution in [3.8, 4) is 0 Å². The summed E-state index contributed by atoms with van der Waals surface area (Å²) in [6.07, 6.45) is 6.39. The van der Waals surface area contributed by atoms with E-state index in [9.17, 15) is 4.79 Å².